The van der Waals surface area contributed by atoms with Crippen molar-refractivity contribution >= 4 is 41.9 Å². The molecule has 0 rings (SSSR count). The zero-order chi connectivity index (χ0) is 7.44. The van der Waals surface area contributed by atoms with Gasteiger partial charge in [0.25, 0.3) is 0 Å². The fourth-order valence-corrected chi connectivity index (χ4v) is 1.50. The summed E-state index contributed by atoms with van der Waals surface area (Å²) in [5, 5.41) is 0. The summed E-state index contributed by atoms with van der Waals surface area (Å²) >= 11 is 16.4. The van der Waals surface area contributed by atoms with Crippen LogP contribution in [0, 0.1) is 0 Å². The lowest BCUT2D eigenvalue weighted by Gasteiger charge is -2.12. The number of alkyl halides is 2. The number of hydrogen-bond acceptors (Lipinski definition) is 1. The van der Waals surface area contributed by atoms with E-state index in [9.17, 15) is 0 Å². The second kappa shape index (κ2) is 4.98. The van der Waals surface area contributed by atoms with Crippen molar-refractivity contribution < 1.29 is 4.52 Å². The predicted octanol–water partition coefficient (Wildman–Crippen LogP) is 3.72. The molecule has 0 spiro atoms. The van der Waals surface area contributed by atoms with E-state index in [0.717, 1.165) is 0 Å². The largest absolute Gasteiger partial charge is 0.338 e. The van der Waals surface area contributed by atoms with E-state index < -0.39 is 12.1 Å². The quantitative estimate of drug-likeness (QED) is 0.508. The Hall–Kier alpha value is 1.26. The van der Waals surface area contributed by atoms with Gasteiger partial charge in [-0.3, -0.25) is 0 Å². The fourth-order valence-electron chi connectivity index (χ4n) is 0.247. The van der Waals surface area contributed by atoms with Gasteiger partial charge in [0.2, 0.25) is 0 Å². The topological polar surface area (TPSA) is 9.23 Å². The van der Waals surface area contributed by atoms with Gasteiger partial charge in [0, 0.05) is 0 Å². The molecule has 0 N–H and O–H groups in total. The third kappa shape index (κ3) is 5.69. The monoisotopic (exact) mass is 208 g/mol. The molecule has 9 heavy (non-hydrogen) atoms. The molecule has 0 heterocycles. The SMILES string of the molecule is CC(C)OP(Cl)C(Cl)Cl. The first kappa shape index (κ1) is 10.3. The molecular formula is C4H8Cl3OP. The lowest BCUT2D eigenvalue weighted by atomic mass is 10.5. The standard InChI is InChI=1S/C4H8Cl3OP/c1-3(2)8-9(7)4(5)6/h3-4H,1-2H3. The van der Waals surface area contributed by atoms with E-state index in [2.05, 4.69) is 0 Å². The molecule has 0 bridgehead atoms. The highest BCUT2D eigenvalue weighted by Crippen LogP contribution is 2.52. The van der Waals surface area contributed by atoms with E-state index in [1.165, 1.54) is 0 Å². The molecule has 0 saturated carbocycles. The van der Waals surface area contributed by atoms with Gasteiger partial charge < -0.3 is 4.52 Å². The maximum Gasteiger partial charge on any atom is 0.165 e. The van der Waals surface area contributed by atoms with E-state index >= 15 is 0 Å². The second-order valence-corrected chi connectivity index (χ2v) is 5.68. The molecule has 0 amide bonds. The summed E-state index contributed by atoms with van der Waals surface area (Å²) < 4.78 is 4.48. The van der Waals surface area contributed by atoms with Crippen molar-refractivity contribution in [3.63, 3.8) is 0 Å². The van der Waals surface area contributed by atoms with Crippen molar-refractivity contribution in [2.24, 2.45) is 0 Å². The molecule has 0 radical (unpaired) electrons. The summed E-state index contributed by atoms with van der Waals surface area (Å²) in [4.78, 5) is 0. The van der Waals surface area contributed by atoms with Crippen LogP contribution in [0.25, 0.3) is 0 Å². The van der Waals surface area contributed by atoms with Crippen LogP contribution in [0.5, 0.6) is 0 Å². The molecule has 0 aromatic heterocycles. The van der Waals surface area contributed by atoms with Crippen molar-refractivity contribution in [2.45, 2.75) is 24.5 Å². The number of rotatable bonds is 3. The normalized spacial score (nSPS) is 15.0. The minimum atomic E-state index is -1.18. The van der Waals surface area contributed by atoms with Gasteiger partial charge in [-0.1, -0.05) is 34.4 Å². The first-order valence-electron chi connectivity index (χ1n) is 2.44. The van der Waals surface area contributed by atoms with Crippen LogP contribution in [0.4, 0.5) is 0 Å². The van der Waals surface area contributed by atoms with Crippen LogP contribution >= 0.6 is 41.9 Å². The molecule has 56 valence electrons. The van der Waals surface area contributed by atoms with E-state index in [4.69, 9.17) is 39.0 Å². The van der Waals surface area contributed by atoms with Gasteiger partial charge in [-0.25, -0.2) is 0 Å². The highest BCUT2D eigenvalue weighted by Gasteiger charge is 2.15. The maximum atomic E-state index is 5.59. The molecule has 0 fully saturated rings. The van der Waals surface area contributed by atoms with E-state index in [-0.39, 0.29) is 6.10 Å². The summed E-state index contributed by atoms with van der Waals surface area (Å²) in [6, 6.07) is 0. The van der Waals surface area contributed by atoms with Crippen LogP contribution in [-0.2, 0) is 4.52 Å². The Balaban J connectivity index is 3.38. The van der Waals surface area contributed by atoms with Gasteiger partial charge >= 0.3 is 0 Å². The van der Waals surface area contributed by atoms with Gasteiger partial charge in [-0.15, -0.1) is 0 Å². The smallest absolute Gasteiger partial charge is 0.165 e. The highest BCUT2D eigenvalue weighted by atomic mass is 35.7. The van der Waals surface area contributed by atoms with Crippen molar-refractivity contribution in [2.75, 3.05) is 0 Å². The average Bonchev–Trinajstić information content (AvgIpc) is 1.63. The summed E-state index contributed by atoms with van der Waals surface area (Å²) in [5.74, 6) is 0. The molecule has 0 aromatic carbocycles. The Bertz CT molecular complexity index is 78.2. The molecule has 1 unspecified atom stereocenters. The zero-order valence-corrected chi connectivity index (χ0v) is 8.31. The molecular weight excluding hydrogens is 201 g/mol. The fraction of sp³-hybridized carbons (Fsp3) is 1.00. The molecule has 0 saturated heterocycles. The predicted molar refractivity (Wildman–Crippen MR) is 44.5 cm³/mol. The van der Waals surface area contributed by atoms with Crippen molar-refractivity contribution in [1.29, 1.82) is 0 Å². The minimum absolute atomic E-state index is 0.0913. The Labute approximate surface area is 71.2 Å². The lowest BCUT2D eigenvalue weighted by molar-refractivity contribution is 0.277. The van der Waals surface area contributed by atoms with E-state index in [1.807, 2.05) is 13.8 Å². The van der Waals surface area contributed by atoms with Crippen LogP contribution < -0.4 is 0 Å². The van der Waals surface area contributed by atoms with Crippen LogP contribution in [0.2, 0.25) is 0 Å². The minimum Gasteiger partial charge on any atom is -0.338 e. The second-order valence-electron chi connectivity index (χ2n) is 1.70. The molecule has 0 aliphatic carbocycles. The van der Waals surface area contributed by atoms with Gasteiger partial charge in [-0.05, 0) is 13.8 Å². The Morgan fingerprint density at radius 2 is 1.78 bits per heavy atom. The summed E-state index contributed by atoms with van der Waals surface area (Å²) in [6.07, 6.45) is 0.0913. The van der Waals surface area contributed by atoms with E-state index in [0.29, 0.717) is 0 Å². The van der Waals surface area contributed by atoms with Crippen molar-refractivity contribution in [1.82, 2.24) is 0 Å². The Morgan fingerprint density at radius 3 is 1.89 bits per heavy atom. The van der Waals surface area contributed by atoms with Crippen LogP contribution in [0.1, 0.15) is 13.8 Å². The lowest BCUT2D eigenvalue weighted by Crippen LogP contribution is -1.97. The molecule has 0 aliphatic heterocycles. The highest BCUT2D eigenvalue weighted by molar-refractivity contribution is 7.83. The Kier molecular flexibility index (Phi) is 5.68. The molecule has 0 aliphatic rings. The average molecular weight is 209 g/mol. The first-order chi connectivity index (χ1) is 4.04. The summed E-state index contributed by atoms with van der Waals surface area (Å²) in [5.41, 5.74) is 0. The van der Waals surface area contributed by atoms with Crippen LogP contribution in [0.15, 0.2) is 0 Å². The molecule has 1 atom stereocenters. The number of halogens is 3. The maximum absolute atomic E-state index is 5.59. The van der Waals surface area contributed by atoms with Gasteiger partial charge in [0.05, 0.1) is 6.10 Å². The summed E-state index contributed by atoms with van der Waals surface area (Å²) in [6.45, 7) is 3.77. The van der Waals surface area contributed by atoms with Gasteiger partial charge in [0.1, 0.15) is 0 Å². The molecule has 0 aromatic rings. The van der Waals surface area contributed by atoms with E-state index in [1.54, 1.807) is 0 Å². The summed E-state index contributed by atoms with van der Waals surface area (Å²) in [7, 11) is -1.18. The van der Waals surface area contributed by atoms with Crippen LogP contribution in [0.3, 0.4) is 0 Å². The Morgan fingerprint density at radius 1 is 1.33 bits per heavy atom. The van der Waals surface area contributed by atoms with Crippen molar-refractivity contribution in [3.05, 3.63) is 0 Å². The zero-order valence-electron chi connectivity index (χ0n) is 5.14. The molecule has 5 heteroatoms. The van der Waals surface area contributed by atoms with Crippen molar-refractivity contribution in [3.8, 4) is 0 Å². The first-order valence-corrected chi connectivity index (χ1v) is 5.54. The third-order valence-electron chi connectivity index (χ3n) is 0.465. The van der Waals surface area contributed by atoms with Crippen LogP contribution in [-0.4, -0.2) is 10.7 Å². The van der Waals surface area contributed by atoms with Gasteiger partial charge in [0.15, 0.2) is 12.1 Å². The number of hydrogen-bond donors (Lipinski definition) is 0. The molecule has 1 nitrogen and oxygen atoms in total. The van der Waals surface area contributed by atoms with Gasteiger partial charge in [-0.2, -0.15) is 0 Å². The third-order valence-corrected chi connectivity index (χ3v) is 3.88.